The summed E-state index contributed by atoms with van der Waals surface area (Å²) in [7, 11) is 0. The molecule has 20 heavy (non-hydrogen) atoms. The van der Waals surface area contributed by atoms with Crippen molar-refractivity contribution in [3.8, 4) is 0 Å². The fourth-order valence-corrected chi connectivity index (χ4v) is 2.78. The molecule has 4 nitrogen and oxygen atoms in total. The average Bonchev–Trinajstić information content (AvgIpc) is 2.96. The minimum absolute atomic E-state index is 0.129. The zero-order chi connectivity index (χ0) is 14.1. The van der Waals surface area contributed by atoms with E-state index in [9.17, 15) is 9.59 Å². The number of ketones is 1. The van der Waals surface area contributed by atoms with Crippen LogP contribution in [0.4, 0.5) is 0 Å². The van der Waals surface area contributed by atoms with E-state index in [4.69, 9.17) is 9.52 Å². The summed E-state index contributed by atoms with van der Waals surface area (Å²) < 4.78 is 5.13. The van der Waals surface area contributed by atoms with Crippen molar-refractivity contribution in [1.29, 1.82) is 0 Å². The maximum Gasteiger partial charge on any atom is 0.371 e. The summed E-state index contributed by atoms with van der Waals surface area (Å²) in [5.41, 5.74) is 2.24. The molecule has 0 amide bonds. The van der Waals surface area contributed by atoms with Gasteiger partial charge in [-0.15, -0.1) is 0 Å². The van der Waals surface area contributed by atoms with Crippen molar-refractivity contribution in [3.63, 3.8) is 0 Å². The fraction of sp³-hybridized carbons (Fsp3) is 0.250. The number of fused-ring (bicyclic) bond motifs is 1. The highest BCUT2D eigenvalue weighted by Gasteiger charge is 2.29. The topological polar surface area (TPSA) is 67.5 Å². The van der Waals surface area contributed by atoms with Crippen molar-refractivity contribution in [2.24, 2.45) is 0 Å². The zero-order valence-corrected chi connectivity index (χ0v) is 10.8. The fourth-order valence-electron chi connectivity index (χ4n) is 2.78. The third kappa shape index (κ3) is 2.13. The van der Waals surface area contributed by atoms with Gasteiger partial charge in [-0.25, -0.2) is 4.79 Å². The number of hydrogen-bond acceptors (Lipinski definition) is 3. The summed E-state index contributed by atoms with van der Waals surface area (Å²) in [6, 6.07) is 10.7. The Morgan fingerprint density at radius 2 is 1.85 bits per heavy atom. The van der Waals surface area contributed by atoms with E-state index >= 15 is 0 Å². The second kappa shape index (κ2) is 4.96. The lowest BCUT2D eigenvalue weighted by atomic mass is 9.80. The van der Waals surface area contributed by atoms with Gasteiger partial charge < -0.3 is 9.52 Å². The Bertz CT molecular complexity index is 669. The third-order valence-electron chi connectivity index (χ3n) is 3.75. The number of carboxylic acid groups (broad SMARTS) is 1. The normalized spacial score (nSPS) is 17.5. The smallest absolute Gasteiger partial charge is 0.371 e. The maximum atomic E-state index is 12.5. The molecule has 0 radical (unpaired) electrons. The molecule has 4 heteroatoms. The molecular weight excluding hydrogens is 256 g/mol. The van der Waals surface area contributed by atoms with Crippen molar-refractivity contribution in [3.05, 3.63) is 59.0 Å². The first kappa shape index (κ1) is 12.7. The van der Waals surface area contributed by atoms with Crippen molar-refractivity contribution in [2.75, 3.05) is 0 Å². The predicted molar refractivity (Wildman–Crippen MR) is 72.1 cm³/mol. The number of aromatic carboxylic acids is 1. The molecule has 1 aromatic heterocycles. The molecule has 1 aliphatic rings. The van der Waals surface area contributed by atoms with Crippen molar-refractivity contribution in [2.45, 2.75) is 25.2 Å². The van der Waals surface area contributed by atoms with E-state index in [1.165, 1.54) is 17.7 Å². The highest BCUT2D eigenvalue weighted by Crippen LogP contribution is 2.34. The van der Waals surface area contributed by atoms with E-state index in [0.29, 0.717) is 0 Å². The molecular formula is C16H14O4. The lowest BCUT2D eigenvalue weighted by molar-refractivity contribution is 0.0659. The van der Waals surface area contributed by atoms with Crippen LogP contribution in [0.1, 0.15) is 51.0 Å². The Labute approximate surface area is 116 Å². The largest absolute Gasteiger partial charge is 0.475 e. The van der Waals surface area contributed by atoms with Gasteiger partial charge in [0.1, 0.15) is 0 Å². The molecule has 0 bridgehead atoms. The molecule has 1 aliphatic carbocycles. The van der Waals surface area contributed by atoms with Gasteiger partial charge in [0.25, 0.3) is 0 Å². The predicted octanol–water partition coefficient (Wildman–Crippen LogP) is 3.28. The van der Waals surface area contributed by atoms with Crippen LogP contribution in [0.5, 0.6) is 0 Å². The highest BCUT2D eigenvalue weighted by molar-refractivity contribution is 6.00. The molecule has 102 valence electrons. The van der Waals surface area contributed by atoms with E-state index in [0.717, 1.165) is 24.8 Å². The van der Waals surface area contributed by atoms with Gasteiger partial charge in [-0.3, -0.25) is 4.79 Å². The van der Waals surface area contributed by atoms with Crippen LogP contribution in [0.15, 0.2) is 40.8 Å². The van der Waals surface area contributed by atoms with Crippen LogP contribution in [0.2, 0.25) is 0 Å². The highest BCUT2D eigenvalue weighted by atomic mass is 16.4. The summed E-state index contributed by atoms with van der Waals surface area (Å²) >= 11 is 0. The third-order valence-corrected chi connectivity index (χ3v) is 3.75. The second-order valence-corrected chi connectivity index (χ2v) is 4.98. The number of rotatable bonds is 3. The van der Waals surface area contributed by atoms with Crippen LogP contribution in [-0.4, -0.2) is 16.9 Å². The lowest BCUT2D eigenvalue weighted by Gasteiger charge is -2.23. The van der Waals surface area contributed by atoms with Crippen LogP contribution in [0, 0.1) is 0 Å². The number of aryl methyl sites for hydroxylation is 1. The molecule has 1 unspecified atom stereocenters. The summed E-state index contributed by atoms with van der Waals surface area (Å²) in [5.74, 6) is -1.59. The Morgan fingerprint density at radius 1 is 1.10 bits per heavy atom. The standard InChI is InChI=1S/C16H14O4/c17-15(13-8-9-14(20-13)16(18)19)12-7-3-5-10-4-1-2-6-11(10)12/h1-2,4,6,8-9,12H,3,5,7H2,(H,18,19). The molecule has 1 atom stereocenters. The van der Waals surface area contributed by atoms with E-state index in [2.05, 4.69) is 0 Å². The summed E-state index contributed by atoms with van der Waals surface area (Å²) in [6.45, 7) is 0. The maximum absolute atomic E-state index is 12.5. The Hall–Kier alpha value is -2.36. The van der Waals surface area contributed by atoms with E-state index in [1.54, 1.807) is 0 Å². The van der Waals surface area contributed by atoms with E-state index in [1.807, 2.05) is 24.3 Å². The summed E-state index contributed by atoms with van der Waals surface area (Å²) in [5, 5.41) is 8.84. The first-order chi connectivity index (χ1) is 9.66. The number of carbonyl (C=O) groups excluding carboxylic acids is 1. The molecule has 0 saturated heterocycles. The van der Waals surface area contributed by atoms with E-state index in [-0.39, 0.29) is 23.2 Å². The van der Waals surface area contributed by atoms with Gasteiger partial charge in [0.05, 0.1) is 5.92 Å². The molecule has 3 rings (SSSR count). The van der Waals surface area contributed by atoms with Crippen LogP contribution in [-0.2, 0) is 6.42 Å². The van der Waals surface area contributed by atoms with Crippen molar-refractivity contribution in [1.82, 2.24) is 0 Å². The van der Waals surface area contributed by atoms with Gasteiger partial charge in [-0.1, -0.05) is 24.3 Å². The first-order valence-electron chi connectivity index (χ1n) is 6.62. The number of benzene rings is 1. The monoisotopic (exact) mass is 270 g/mol. The van der Waals surface area contributed by atoms with Gasteiger partial charge in [0.15, 0.2) is 5.76 Å². The molecule has 1 heterocycles. The number of Topliss-reactive ketones (excluding diaryl/α,β-unsaturated/α-hetero) is 1. The van der Waals surface area contributed by atoms with Gasteiger partial charge >= 0.3 is 5.97 Å². The van der Waals surface area contributed by atoms with Gasteiger partial charge in [0.2, 0.25) is 11.5 Å². The number of furan rings is 1. The summed E-state index contributed by atoms with van der Waals surface area (Å²) in [6.07, 6.45) is 2.72. The molecule has 1 aromatic carbocycles. The number of carboxylic acids is 1. The van der Waals surface area contributed by atoms with E-state index < -0.39 is 5.97 Å². The van der Waals surface area contributed by atoms with Gasteiger partial charge in [0, 0.05) is 0 Å². The van der Waals surface area contributed by atoms with Crippen LogP contribution < -0.4 is 0 Å². The van der Waals surface area contributed by atoms with Crippen molar-refractivity contribution >= 4 is 11.8 Å². The Morgan fingerprint density at radius 3 is 2.60 bits per heavy atom. The molecule has 1 N–H and O–H groups in total. The quantitative estimate of drug-likeness (QED) is 0.869. The summed E-state index contributed by atoms with van der Waals surface area (Å²) in [4.78, 5) is 23.3. The van der Waals surface area contributed by atoms with Gasteiger partial charge in [-0.05, 0) is 42.5 Å². The van der Waals surface area contributed by atoms with Crippen LogP contribution in [0.25, 0.3) is 0 Å². The molecule has 0 saturated carbocycles. The molecule has 0 aliphatic heterocycles. The minimum atomic E-state index is -1.16. The molecule has 2 aromatic rings. The van der Waals surface area contributed by atoms with Gasteiger partial charge in [-0.2, -0.15) is 0 Å². The average molecular weight is 270 g/mol. The Balaban J connectivity index is 1.93. The molecule has 0 fully saturated rings. The minimum Gasteiger partial charge on any atom is -0.475 e. The number of hydrogen-bond donors (Lipinski definition) is 1. The number of carbonyl (C=O) groups is 2. The SMILES string of the molecule is O=C(O)c1ccc(C(=O)C2CCCc3ccccc32)o1. The van der Waals surface area contributed by atoms with Crippen LogP contribution >= 0.6 is 0 Å². The first-order valence-corrected chi connectivity index (χ1v) is 6.62. The van der Waals surface area contributed by atoms with Crippen molar-refractivity contribution < 1.29 is 19.1 Å². The lowest BCUT2D eigenvalue weighted by Crippen LogP contribution is -2.18. The van der Waals surface area contributed by atoms with Crippen LogP contribution in [0.3, 0.4) is 0 Å². The Kier molecular flexibility index (Phi) is 3.14. The zero-order valence-electron chi connectivity index (χ0n) is 10.8. The molecule has 0 spiro atoms. The second-order valence-electron chi connectivity index (χ2n) is 4.98.